The summed E-state index contributed by atoms with van der Waals surface area (Å²) in [6.45, 7) is 1.39. The molecule has 0 radical (unpaired) electrons. The molecule has 0 aromatic heterocycles. The summed E-state index contributed by atoms with van der Waals surface area (Å²) >= 11 is 3.30. The highest BCUT2D eigenvalue weighted by molar-refractivity contribution is 9.10. The van der Waals surface area contributed by atoms with Crippen LogP contribution in [0.3, 0.4) is 0 Å². The van der Waals surface area contributed by atoms with Crippen molar-refractivity contribution in [3.63, 3.8) is 0 Å². The maximum Gasteiger partial charge on any atom is 0.343 e. The van der Waals surface area contributed by atoms with Gasteiger partial charge >= 0.3 is 5.97 Å². The Bertz CT molecular complexity index is 899. The van der Waals surface area contributed by atoms with Crippen LogP contribution in [0, 0.1) is 0 Å². The molecule has 0 aliphatic heterocycles. The van der Waals surface area contributed by atoms with Gasteiger partial charge in [0.1, 0.15) is 11.8 Å². The third kappa shape index (κ3) is 7.04. The zero-order valence-corrected chi connectivity index (χ0v) is 17.4. The number of ether oxygens (including phenoxy) is 2. The van der Waals surface area contributed by atoms with Crippen LogP contribution in [0.2, 0.25) is 0 Å². The van der Waals surface area contributed by atoms with Crippen molar-refractivity contribution in [2.24, 2.45) is 5.10 Å². The summed E-state index contributed by atoms with van der Waals surface area (Å²) in [5.41, 5.74) is 3.52. The smallest absolute Gasteiger partial charge is 0.343 e. The van der Waals surface area contributed by atoms with E-state index >= 15 is 0 Å². The molecular weight excluding hydrogens is 442 g/mol. The van der Waals surface area contributed by atoms with E-state index in [9.17, 15) is 14.4 Å². The number of methoxy groups -OCH3 is 1. The van der Waals surface area contributed by atoms with E-state index in [1.54, 1.807) is 55.5 Å². The van der Waals surface area contributed by atoms with Gasteiger partial charge in [0.05, 0.1) is 18.9 Å². The Morgan fingerprint density at radius 2 is 1.83 bits per heavy atom. The topological polar surface area (TPSA) is 106 Å². The summed E-state index contributed by atoms with van der Waals surface area (Å²) < 4.78 is 10.4. The Morgan fingerprint density at radius 1 is 1.14 bits per heavy atom. The van der Waals surface area contributed by atoms with E-state index in [0.29, 0.717) is 21.3 Å². The van der Waals surface area contributed by atoms with Gasteiger partial charge in [-0.1, -0.05) is 12.1 Å². The fourth-order valence-electron chi connectivity index (χ4n) is 2.10. The van der Waals surface area contributed by atoms with E-state index in [2.05, 4.69) is 36.5 Å². The second-order valence-electron chi connectivity index (χ2n) is 5.84. The largest absolute Gasteiger partial charge is 0.482 e. The molecule has 0 spiro atoms. The molecule has 2 aromatic carbocycles. The first-order valence-corrected chi connectivity index (χ1v) is 9.38. The van der Waals surface area contributed by atoms with Gasteiger partial charge in [-0.25, -0.2) is 10.2 Å². The number of benzene rings is 2. The van der Waals surface area contributed by atoms with Crippen molar-refractivity contribution in [2.45, 2.75) is 13.0 Å². The summed E-state index contributed by atoms with van der Waals surface area (Å²) in [6.07, 6.45) is 1.45. The molecule has 1 unspecified atom stereocenters. The van der Waals surface area contributed by atoms with Crippen molar-refractivity contribution in [1.82, 2.24) is 10.7 Å². The first-order chi connectivity index (χ1) is 13.9. The number of esters is 1. The molecule has 29 heavy (non-hydrogen) atoms. The molecule has 9 heteroatoms. The number of nitrogens with zero attached hydrogens (tertiary/aromatic N) is 1. The van der Waals surface area contributed by atoms with Crippen molar-refractivity contribution in [1.29, 1.82) is 0 Å². The van der Waals surface area contributed by atoms with Gasteiger partial charge in [-0.15, -0.1) is 0 Å². The summed E-state index contributed by atoms with van der Waals surface area (Å²) in [5.74, 6) is -0.800. The third-order valence-electron chi connectivity index (χ3n) is 3.71. The van der Waals surface area contributed by atoms with Crippen LogP contribution in [0.4, 0.5) is 0 Å². The Labute approximate surface area is 176 Å². The molecule has 2 N–H and O–H groups in total. The second-order valence-corrected chi connectivity index (χ2v) is 6.70. The van der Waals surface area contributed by atoms with Gasteiger partial charge in [0.15, 0.2) is 6.61 Å². The number of amides is 2. The minimum Gasteiger partial charge on any atom is -0.482 e. The van der Waals surface area contributed by atoms with Crippen molar-refractivity contribution in [2.75, 3.05) is 13.7 Å². The molecule has 1 atom stereocenters. The minimum absolute atomic E-state index is 0.177. The molecular formula is C20H20BrN3O5. The standard InChI is InChI=1S/C20H20BrN3O5/c1-13(23-20(27)16-5-3-4-6-17(16)21)19(26)24-22-11-14-7-9-15(10-8-14)29-12-18(25)28-2/h3-11,13H,12H2,1-2H3,(H,23,27)(H,24,26). The summed E-state index contributed by atoms with van der Waals surface area (Å²) in [7, 11) is 1.28. The van der Waals surface area contributed by atoms with Crippen molar-refractivity contribution >= 4 is 39.9 Å². The highest BCUT2D eigenvalue weighted by atomic mass is 79.9. The molecule has 2 rings (SSSR count). The van der Waals surface area contributed by atoms with Crippen LogP contribution in [0.25, 0.3) is 0 Å². The fourth-order valence-corrected chi connectivity index (χ4v) is 2.57. The van der Waals surface area contributed by atoms with Gasteiger partial charge in [-0.05, 0) is 64.8 Å². The number of hydrazone groups is 1. The zero-order chi connectivity index (χ0) is 21.2. The minimum atomic E-state index is -0.777. The maximum atomic E-state index is 12.2. The Balaban J connectivity index is 1.83. The number of rotatable bonds is 8. The normalized spacial score (nSPS) is 11.6. The average molecular weight is 462 g/mol. The molecule has 2 amide bonds. The van der Waals surface area contributed by atoms with Crippen LogP contribution in [0.15, 0.2) is 58.1 Å². The van der Waals surface area contributed by atoms with Crippen LogP contribution in [0.5, 0.6) is 5.75 Å². The molecule has 0 aliphatic rings. The van der Waals surface area contributed by atoms with E-state index in [-0.39, 0.29) is 12.5 Å². The first-order valence-electron chi connectivity index (χ1n) is 8.58. The Morgan fingerprint density at radius 3 is 2.48 bits per heavy atom. The van der Waals surface area contributed by atoms with Gasteiger partial charge < -0.3 is 14.8 Å². The predicted molar refractivity (Wildman–Crippen MR) is 111 cm³/mol. The molecule has 0 bridgehead atoms. The zero-order valence-electron chi connectivity index (χ0n) is 15.8. The lowest BCUT2D eigenvalue weighted by Gasteiger charge is -2.12. The third-order valence-corrected chi connectivity index (χ3v) is 4.40. The number of nitrogens with one attached hydrogen (secondary N) is 2. The molecule has 2 aromatic rings. The summed E-state index contributed by atoms with van der Waals surface area (Å²) in [4.78, 5) is 35.4. The van der Waals surface area contributed by atoms with Gasteiger partial charge in [0, 0.05) is 4.47 Å². The lowest BCUT2D eigenvalue weighted by atomic mass is 10.2. The van der Waals surface area contributed by atoms with Gasteiger partial charge in [-0.2, -0.15) is 5.10 Å². The molecule has 152 valence electrons. The number of halogens is 1. The second kappa shape index (κ2) is 11.0. The number of hydrogen-bond acceptors (Lipinski definition) is 6. The number of hydrogen-bond donors (Lipinski definition) is 2. The summed E-state index contributed by atoms with van der Waals surface area (Å²) in [5, 5.41) is 6.49. The van der Waals surface area contributed by atoms with E-state index in [1.807, 2.05) is 0 Å². The van der Waals surface area contributed by atoms with Crippen LogP contribution in [-0.2, 0) is 14.3 Å². The number of carbonyl (C=O) groups excluding carboxylic acids is 3. The van der Waals surface area contributed by atoms with Crippen LogP contribution in [0.1, 0.15) is 22.8 Å². The Hall–Kier alpha value is -3.20. The SMILES string of the molecule is COC(=O)COc1ccc(C=NNC(=O)C(C)NC(=O)c2ccccc2Br)cc1. The first kappa shape index (κ1) is 22.1. The fraction of sp³-hybridized carbons (Fsp3) is 0.200. The van der Waals surface area contributed by atoms with Gasteiger partial charge in [0.2, 0.25) is 0 Å². The van der Waals surface area contributed by atoms with Crippen molar-refractivity contribution in [3.05, 3.63) is 64.1 Å². The molecule has 0 saturated carbocycles. The Kier molecular flexibility index (Phi) is 8.35. The molecule has 0 fully saturated rings. The maximum absolute atomic E-state index is 12.2. The lowest BCUT2D eigenvalue weighted by molar-refractivity contribution is -0.142. The van der Waals surface area contributed by atoms with Crippen LogP contribution < -0.4 is 15.5 Å². The van der Waals surface area contributed by atoms with Crippen LogP contribution in [-0.4, -0.2) is 43.8 Å². The average Bonchev–Trinajstić information content (AvgIpc) is 2.72. The van der Waals surface area contributed by atoms with E-state index < -0.39 is 17.9 Å². The van der Waals surface area contributed by atoms with Crippen LogP contribution >= 0.6 is 15.9 Å². The monoisotopic (exact) mass is 461 g/mol. The van der Waals surface area contributed by atoms with Gasteiger partial charge in [0.25, 0.3) is 11.8 Å². The van der Waals surface area contributed by atoms with E-state index in [1.165, 1.54) is 13.3 Å². The van der Waals surface area contributed by atoms with Gasteiger partial charge in [-0.3, -0.25) is 9.59 Å². The lowest BCUT2D eigenvalue weighted by Crippen LogP contribution is -2.43. The molecule has 0 heterocycles. The highest BCUT2D eigenvalue weighted by Crippen LogP contribution is 2.15. The summed E-state index contributed by atoms with van der Waals surface area (Å²) in [6, 6.07) is 12.9. The van der Waals surface area contributed by atoms with E-state index in [4.69, 9.17) is 4.74 Å². The number of carbonyl (C=O) groups is 3. The van der Waals surface area contributed by atoms with Crippen molar-refractivity contribution < 1.29 is 23.9 Å². The van der Waals surface area contributed by atoms with E-state index in [0.717, 1.165) is 0 Å². The predicted octanol–water partition coefficient (Wildman–Crippen LogP) is 2.27. The molecule has 0 aliphatic carbocycles. The molecule has 8 nitrogen and oxygen atoms in total. The van der Waals surface area contributed by atoms with Crippen molar-refractivity contribution in [3.8, 4) is 5.75 Å². The highest BCUT2D eigenvalue weighted by Gasteiger charge is 2.17. The quantitative estimate of drug-likeness (QED) is 0.356. The molecule has 0 saturated heterocycles.